The van der Waals surface area contributed by atoms with Crippen molar-refractivity contribution in [1.29, 1.82) is 0 Å². The van der Waals surface area contributed by atoms with Crippen molar-refractivity contribution in [1.82, 2.24) is 0 Å². The van der Waals surface area contributed by atoms with Crippen molar-refractivity contribution in [3.8, 4) is 5.75 Å². The Hall–Kier alpha value is -1.66. The summed E-state index contributed by atoms with van der Waals surface area (Å²) in [5, 5.41) is 8.80. The van der Waals surface area contributed by atoms with Gasteiger partial charge in [0.1, 0.15) is 31.1 Å². The van der Waals surface area contributed by atoms with E-state index in [2.05, 4.69) is 15.9 Å². The van der Waals surface area contributed by atoms with E-state index < -0.39 is 11.2 Å². The number of aliphatic hydroxyl groups is 1. The highest BCUT2D eigenvalue weighted by molar-refractivity contribution is 9.10. The lowest BCUT2D eigenvalue weighted by atomic mass is 10.2. The molecular weight excluding hydrogens is 319 g/mol. The SMILES string of the molecule is O=c1cc(CO)occ1OCc1ccc(Br)c(F)c1. The molecule has 2 aromatic rings. The Balaban J connectivity index is 2.10. The van der Waals surface area contributed by atoms with E-state index in [9.17, 15) is 9.18 Å². The summed E-state index contributed by atoms with van der Waals surface area (Å²) < 4.78 is 23.8. The molecule has 4 nitrogen and oxygen atoms in total. The zero-order valence-corrected chi connectivity index (χ0v) is 11.3. The van der Waals surface area contributed by atoms with Gasteiger partial charge in [0, 0.05) is 6.07 Å². The predicted octanol–water partition coefficient (Wildman–Crippen LogP) is 2.61. The first-order valence-electron chi connectivity index (χ1n) is 5.39. The maximum atomic E-state index is 13.3. The van der Waals surface area contributed by atoms with Crippen LogP contribution in [0.3, 0.4) is 0 Å². The summed E-state index contributed by atoms with van der Waals surface area (Å²) in [5.41, 5.74) is 0.194. The summed E-state index contributed by atoms with van der Waals surface area (Å²) in [7, 11) is 0. The molecule has 100 valence electrons. The molecule has 19 heavy (non-hydrogen) atoms. The van der Waals surface area contributed by atoms with E-state index in [1.165, 1.54) is 6.07 Å². The maximum absolute atomic E-state index is 13.3. The minimum Gasteiger partial charge on any atom is -0.482 e. The third-order valence-corrected chi connectivity index (χ3v) is 3.03. The Kier molecular flexibility index (Phi) is 4.34. The summed E-state index contributed by atoms with van der Waals surface area (Å²) in [5.74, 6) is -0.226. The fraction of sp³-hybridized carbons (Fsp3) is 0.154. The van der Waals surface area contributed by atoms with E-state index in [1.807, 2.05) is 0 Å². The Morgan fingerprint density at radius 2 is 2.16 bits per heavy atom. The Morgan fingerprint density at radius 3 is 2.79 bits per heavy atom. The summed E-state index contributed by atoms with van der Waals surface area (Å²) in [6, 6.07) is 5.70. The predicted molar refractivity (Wildman–Crippen MR) is 69.3 cm³/mol. The fourth-order valence-corrected chi connectivity index (χ4v) is 1.66. The van der Waals surface area contributed by atoms with E-state index in [-0.39, 0.29) is 24.7 Å². The van der Waals surface area contributed by atoms with Crippen LogP contribution in [0.25, 0.3) is 0 Å². The second-order valence-electron chi connectivity index (χ2n) is 3.77. The molecule has 1 aromatic heterocycles. The maximum Gasteiger partial charge on any atom is 0.227 e. The largest absolute Gasteiger partial charge is 0.482 e. The highest BCUT2D eigenvalue weighted by Crippen LogP contribution is 2.17. The molecule has 0 amide bonds. The normalized spacial score (nSPS) is 10.5. The molecule has 0 unspecified atom stereocenters. The van der Waals surface area contributed by atoms with Crippen LogP contribution < -0.4 is 10.2 Å². The van der Waals surface area contributed by atoms with Gasteiger partial charge < -0.3 is 14.3 Å². The Morgan fingerprint density at radius 1 is 1.37 bits per heavy atom. The van der Waals surface area contributed by atoms with Crippen LogP contribution >= 0.6 is 15.9 Å². The second-order valence-corrected chi connectivity index (χ2v) is 4.62. The molecule has 0 aliphatic carbocycles. The van der Waals surface area contributed by atoms with E-state index in [1.54, 1.807) is 12.1 Å². The van der Waals surface area contributed by atoms with Crippen molar-refractivity contribution in [3.05, 3.63) is 62.4 Å². The molecule has 0 bridgehead atoms. The lowest BCUT2D eigenvalue weighted by Gasteiger charge is -2.06. The van der Waals surface area contributed by atoms with Crippen molar-refractivity contribution in [2.45, 2.75) is 13.2 Å². The van der Waals surface area contributed by atoms with Gasteiger partial charge >= 0.3 is 0 Å². The molecule has 0 radical (unpaired) electrons. The number of rotatable bonds is 4. The molecule has 0 atom stereocenters. The van der Waals surface area contributed by atoms with Crippen molar-refractivity contribution in [2.75, 3.05) is 0 Å². The average molecular weight is 329 g/mol. The summed E-state index contributed by atoms with van der Waals surface area (Å²) in [4.78, 5) is 11.6. The van der Waals surface area contributed by atoms with Gasteiger partial charge in [0.2, 0.25) is 11.2 Å². The third kappa shape index (κ3) is 3.42. The smallest absolute Gasteiger partial charge is 0.227 e. The van der Waals surface area contributed by atoms with E-state index >= 15 is 0 Å². The topological polar surface area (TPSA) is 59.7 Å². The van der Waals surface area contributed by atoms with Crippen LogP contribution in [-0.2, 0) is 13.2 Å². The summed E-state index contributed by atoms with van der Waals surface area (Å²) in [6.07, 6.45) is 1.13. The standard InChI is InChI=1S/C13H10BrFO4/c14-10-2-1-8(3-11(10)15)6-19-13-7-18-9(5-16)4-12(13)17/h1-4,7,16H,5-6H2. The second kappa shape index (κ2) is 5.99. The van der Waals surface area contributed by atoms with Crippen LogP contribution in [-0.4, -0.2) is 5.11 Å². The van der Waals surface area contributed by atoms with Gasteiger partial charge in [0.15, 0.2) is 0 Å². The van der Waals surface area contributed by atoms with Gasteiger partial charge in [-0.15, -0.1) is 0 Å². The van der Waals surface area contributed by atoms with Gasteiger partial charge in [-0.3, -0.25) is 4.79 Å². The van der Waals surface area contributed by atoms with Crippen LogP contribution in [0.1, 0.15) is 11.3 Å². The molecule has 6 heteroatoms. The molecule has 0 fully saturated rings. The molecule has 0 saturated carbocycles. The van der Waals surface area contributed by atoms with Crippen molar-refractivity contribution >= 4 is 15.9 Å². The molecule has 0 spiro atoms. The number of hydrogen-bond donors (Lipinski definition) is 1. The third-order valence-electron chi connectivity index (χ3n) is 2.39. The molecule has 2 rings (SSSR count). The summed E-state index contributed by atoms with van der Waals surface area (Å²) >= 11 is 3.05. The number of benzene rings is 1. The number of hydrogen-bond acceptors (Lipinski definition) is 4. The lowest BCUT2D eigenvalue weighted by Crippen LogP contribution is -2.08. The molecule has 0 aliphatic heterocycles. The molecule has 1 N–H and O–H groups in total. The first-order valence-corrected chi connectivity index (χ1v) is 6.19. The van der Waals surface area contributed by atoms with Crippen LogP contribution in [0.5, 0.6) is 5.75 Å². The van der Waals surface area contributed by atoms with E-state index in [4.69, 9.17) is 14.3 Å². The zero-order valence-electron chi connectivity index (χ0n) is 9.73. The van der Waals surface area contributed by atoms with Gasteiger partial charge in [-0.2, -0.15) is 0 Å². The Bertz CT molecular complexity index is 639. The minimum atomic E-state index is -0.399. The highest BCUT2D eigenvalue weighted by atomic mass is 79.9. The molecule has 0 saturated heterocycles. The van der Waals surface area contributed by atoms with Gasteiger partial charge in [-0.25, -0.2) is 4.39 Å². The molecule has 0 aliphatic rings. The van der Waals surface area contributed by atoms with Gasteiger partial charge in [0.25, 0.3) is 0 Å². The summed E-state index contributed by atoms with van der Waals surface area (Å²) in [6.45, 7) is -0.305. The first kappa shape index (κ1) is 13.8. The monoisotopic (exact) mass is 328 g/mol. The van der Waals surface area contributed by atoms with E-state index in [0.29, 0.717) is 10.0 Å². The number of ether oxygens (including phenoxy) is 1. The Labute approximate surface area is 116 Å². The van der Waals surface area contributed by atoms with Crippen LogP contribution in [0.2, 0.25) is 0 Å². The number of halogens is 2. The first-order chi connectivity index (χ1) is 9.10. The molecule has 1 aromatic carbocycles. The highest BCUT2D eigenvalue weighted by Gasteiger charge is 2.06. The molecular formula is C13H10BrFO4. The fourth-order valence-electron chi connectivity index (χ4n) is 1.42. The average Bonchev–Trinajstić information content (AvgIpc) is 2.41. The van der Waals surface area contributed by atoms with Gasteiger partial charge in [-0.1, -0.05) is 6.07 Å². The quantitative estimate of drug-likeness (QED) is 0.937. The van der Waals surface area contributed by atoms with Crippen LogP contribution in [0, 0.1) is 5.82 Å². The molecule has 1 heterocycles. The van der Waals surface area contributed by atoms with Gasteiger partial charge in [0.05, 0.1) is 4.47 Å². The van der Waals surface area contributed by atoms with Gasteiger partial charge in [-0.05, 0) is 33.6 Å². The minimum absolute atomic E-state index is 0.0144. The van der Waals surface area contributed by atoms with Crippen molar-refractivity contribution < 1.29 is 18.7 Å². The van der Waals surface area contributed by atoms with Crippen LogP contribution in [0.15, 0.2) is 44.2 Å². The van der Waals surface area contributed by atoms with Crippen molar-refractivity contribution in [2.24, 2.45) is 0 Å². The lowest BCUT2D eigenvalue weighted by molar-refractivity contribution is 0.236. The van der Waals surface area contributed by atoms with Crippen LogP contribution in [0.4, 0.5) is 4.39 Å². The van der Waals surface area contributed by atoms with E-state index in [0.717, 1.165) is 12.3 Å². The zero-order chi connectivity index (χ0) is 13.8. The number of aliphatic hydroxyl groups excluding tert-OH is 1. The van der Waals surface area contributed by atoms with Crippen molar-refractivity contribution in [3.63, 3.8) is 0 Å².